The van der Waals surface area contributed by atoms with E-state index in [1.807, 2.05) is 0 Å². The van der Waals surface area contributed by atoms with Crippen molar-refractivity contribution in [2.75, 3.05) is 6.61 Å². The van der Waals surface area contributed by atoms with Crippen molar-refractivity contribution in [1.82, 2.24) is 4.98 Å². The Morgan fingerprint density at radius 2 is 2.25 bits per heavy atom. The lowest BCUT2D eigenvalue weighted by molar-refractivity contribution is -0.385. The number of ether oxygens (including phenoxy) is 1. The van der Waals surface area contributed by atoms with E-state index >= 15 is 0 Å². The monoisotopic (exact) mass is 276 g/mol. The normalized spacial score (nSPS) is 10.4. The average molecular weight is 276 g/mol. The highest BCUT2D eigenvalue weighted by atomic mass is 16.6. The van der Waals surface area contributed by atoms with Gasteiger partial charge in [0.05, 0.1) is 22.6 Å². The van der Waals surface area contributed by atoms with Crippen LogP contribution in [0.4, 0.5) is 5.69 Å². The summed E-state index contributed by atoms with van der Waals surface area (Å²) in [5, 5.41) is 21.4. The van der Waals surface area contributed by atoms with E-state index < -0.39 is 4.92 Å². The largest absolute Gasteiger partial charge is 0.507 e. The molecule has 0 aliphatic carbocycles. The fraction of sp³-hybridized carbons (Fsp3) is 0.231. The van der Waals surface area contributed by atoms with Crippen LogP contribution in [-0.2, 0) is 16.0 Å². The number of nitro benzene ring substituents is 1. The fourth-order valence-electron chi connectivity index (χ4n) is 2.02. The van der Waals surface area contributed by atoms with Crippen LogP contribution in [0.15, 0.2) is 18.3 Å². The summed E-state index contributed by atoms with van der Waals surface area (Å²) >= 11 is 0. The minimum absolute atomic E-state index is 0.00231. The molecule has 0 atom stereocenters. The average Bonchev–Trinajstić information content (AvgIpc) is 2.42. The van der Waals surface area contributed by atoms with E-state index in [-0.39, 0.29) is 18.0 Å². The van der Waals surface area contributed by atoms with Crippen LogP contribution in [0.25, 0.3) is 10.9 Å². The first kappa shape index (κ1) is 13.7. The van der Waals surface area contributed by atoms with Crippen molar-refractivity contribution in [2.24, 2.45) is 0 Å². The van der Waals surface area contributed by atoms with Gasteiger partial charge in [0.15, 0.2) is 0 Å². The van der Waals surface area contributed by atoms with Gasteiger partial charge in [-0.25, -0.2) is 0 Å². The topological polar surface area (TPSA) is 103 Å². The van der Waals surface area contributed by atoms with Crippen molar-refractivity contribution in [3.05, 3.63) is 39.6 Å². The zero-order valence-electron chi connectivity index (χ0n) is 10.7. The predicted octanol–water partition coefficient (Wildman–Crippen LogP) is 1.87. The lowest BCUT2D eigenvalue weighted by Crippen LogP contribution is -1.99. The molecule has 2 aromatic rings. The number of aromatic nitrogens is 1. The second kappa shape index (κ2) is 5.52. The number of nitrogens with zero attached hydrogens (tertiary/aromatic N) is 2. The molecule has 1 aromatic carbocycles. The number of pyridine rings is 1. The highest BCUT2D eigenvalue weighted by molar-refractivity contribution is 5.90. The summed E-state index contributed by atoms with van der Waals surface area (Å²) in [7, 11) is 0. The molecule has 1 aromatic heterocycles. The number of rotatable bonds is 5. The third-order valence-electron chi connectivity index (χ3n) is 3.07. The minimum atomic E-state index is -0.487. The molecule has 0 unspecified atom stereocenters. The SMILES string of the molecule is Cc1c([N+](=O)[O-])ccc2c(O)c(CCOC=O)cnc12. The van der Waals surface area contributed by atoms with E-state index in [1.165, 1.54) is 18.3 Å². The van der Waals surface area contributed by atoms with Crippen LogP contribution >= 0.6 is 0 Å². The van der Waals surface area contributed by atoms with Gasteiger partial charge in [0.2, 0.25) is 0 Å². The van der Waals surface area contributed by atoms with Crippen molar-refractivity contribution >= 4 is 23.1 Å². The molecule has 0 radical (unpaired) electrons. The van der Waals surface area contributed by atoms with Crippen molar-refractivity contribution < 1.29 is 19.6 Å². The standard InChI is InChI=1S/C13H12N2O5/c1-8-11(15(18)19)3-2-10-12(8)14-6-9(13(10)17)4-5-20-7-16/h2-3,6-7H,4-5H2,1H3,(H,14,17). The van der Waals surface area contributed by atoms with E-state index in [4.69, 9.17) is 0 Å². The molecule has 20 heavy (non-hydrogen) atoms. The number of aryl methyl sites for hydroxylation is 1. The summed E-state index contributed by atoms with van der Waals surface area (Å²) in [5.74, 6) is 0.00231. The quantitative estimate of drug-likeness (QED) is 0.387. The smallest absolute Gasteiger partial charge is 0.293 e. The molecule has 0 aliphatic rings. The van der Waals surface area contributed by atoms with Gasteiger partial charge in [-0.15, -0.1) is 0 Å². The molecule has 1 heterocycles. The van der Waals surface area contributed by atoms with Gasteiger partial charge in [-0.3, -0.25) is 19.9 Å². The summed E-state index contributed by atoms with van der Waals surface area (Å²) in [6, 6.07) is 2.80. The molecule has 104 valence electrons. The second-order valence-electron chi connectivity index (χ2n) is 4.21. The zero-order chi connectivity index (χ0) is 14.7. The number of carbonyl (C=O) groups excluding carboxylic acids is 1. The van der Waals surface area contributed by atoms with Crippen LogP contribution < -0.4 is 0 Å². The Bertz CT molecular complexity index is 684. The number of nitro groups is 1. The molecule has 7 heteroatoms. The van der Waals surface area contributed by atoms with Gasteiger partial charge in [-0.05, 0) is 13.0 Å². The van der Waals surface area contributed by atoms with Crippen LogP contribution in [0.3, 0.4) is 0 Å². The summed E-state index contributed by atoms with van der Waals surface area (Å²) in [6.07, 6.45) is 1.76. The van der Waals surface area contributed by atoms with Crippen LogP contribution in [0, 0.1) is 17.0 Å². The Balaban J connectivity index is 2.49. The van der Waals surface area contributed by atoms with Crippen LogP contribution in [0.1, 0.15) is 11.1 Å². The number of hydrogen-bond acceptors (Lipinski definition) is 6. The van der Waals surface area contributed by atoms with Crippen molar-refractivity contribution in [2.45, 2.75) is 13.3 Å². The summed E-state index contributed by atoms with van der Waals surface area (Å²) in [5.41, 5.74) is 1.27. The molecule has 7 nitrogen and oxygen atoms in total. The number of aromatic hydroxyl groups is 1. The van der Waals surface area contributed by atoms with Gasteiger partial charge in [0.1, 0.15) is 5.75 Å². The van der Waals surface area contributed by atoms with E-state index in [2.05, 4.69) is 9.72 Å². The zero-order valence-corrected chi connectivity index (χ0v) is 10.7. The maximum Gasteiger partial charge on any atom is 0.293 e. The number of benzene rings is 1. The van der Waals surface area contributed by atoms with Crippen LogP contribution in [0.2, 0.25) is 0 Å². The minimum Gasteiger partial charge on any atom is -0.507 e. The van der Waals surface area contributed by atoms with E-state index in [0.29, 0.717) is 34.9 Å². The van der Waals surface area contributed by atoms with Crippen molar-refractivity contribution in [3.63, 3.8) is 0 Å². The third kappa shape index (κ3) is 2.37. The maximum atomic E-state index is 10.9. The highest BCUT2D eigenvalue weighted by Crippen LogP contribution is 2.32. The van der Waals surface area contributed by atoms with E-state index in [1.54, 1.807) is 6.92 Å². The predicted molar refractivity (Wildman–Crippen MR) is 70.5 cm³/mol. The molecule has 0 fully saturated rings. The molecule has 0 amide bonds. The molecule has 0 bridgehead atoms. The van der Waals surface area contributed by atoms with Crippen LogP contribution in [0.5, 0.6) is 5.75 Å². The van der Waals surface area contributed by atoms with Gasteiger partial charge in [0.25, 0.3) is 12.2 Å². The summed E-state index contributed by atoms with van der Waals surface area (Å²) in [4.78, 5) is 24.6. The molecule has 0 saturated carbocycles. The number of fused-ring (bicyclic) bond motifs is 1. The first-order valence-electron chi connectivity index (χ1n) is 5.86. The molecule has 1 N–H and O–H groups in total. The molecule has 2 rings (SSSR count). The Morgan fingerprint density at radius 1 is 1.50 bits per heavy atom. The first-order valence-corrected chi connectivity index (χ1v) is 5.86. The Labute approximate surface area is 114 Å². The molecular formula is C13H12N2O5. The maximum absolute atomic E-state index is 10.9. The molecule has 0 spiro atoms. The number of hydrogen-bond donors (Lipinski definition) is 1. The first-order chi connectivity index (χ1) is 9.56. The lowest BCUT2D eigenvalue weighted by atomic mass is 10.0. The third-order valence-corrected chi connectivity index (χ3v) is 3.07. The van der Waals surface area contributed by atoms with Gasteiger partial charge in [-0.2, -0.15) is 0 Å². The number of carbonyl (C=O) groups is 1. The van der Waals surface area contributed by atoms with E-state index in [0.717, 1.165) is 0 Å². The van der Waals surface area contributed by atoms with Crippen molar-refractivity contribution in [1.29, 1.82) is 0 Å². The molecule has 0 aliphatic heterocycles. The Kier molecular flexibility index (Phi) is 3.79. The Morgan fingerprint density at radius 3 is 2.90 bits per heavy atom. The summed E-state index contributed by atoms with van der Waals surface area (Å²) in [6.45, 7) is 2.05. The molecular weight excluding hydrogens is 264 g/mol. The molecule has 0 saturated heterocycles. The second-order valence-corrected chi connectivity index (χ2v) is 4.21. The van der Waals surface area contributed by atoms with Gasteiger partial charge in [-0.1, -0.05) is 0 Å². The summed E-state index contributed by atoms with van der Waals surface area (Å²) < 4.78 is 4.57. The van der Waals surface area contributed by atoms with E-state index in [9.17, 15) is 20.0 Å². The van der Waals surface area contributed by atoms with Gasteiger partial charge in [0, 0.05) is 29.6 Å². The lowest BCUT2D eigenvalue weighted by Gasteiger charge is -2.08. The van der Waals surface area contributed by atoms with Gasteiger partial charge >= 0.3 is 0 Å². The van der Waals surface area contributed by atoms with Crippen molar-refractivity contribution in [3.8, 4) is 5.75 Å². The Hall–Kier alpha value is -2.70. The highest BCUT2D eigenvalue weighted by Gasteiger charge is 2.17. The van der Waals surface area contributed by atoms with Gasteiger partial charge < -0.3 is 9.84 Å². The fourth-order valence-corrected chi connectivity index (χ4v) is 2.02. The van der Waals surface area contributed by atoms with Crippen LogP contribution in [-0.4, -0.2) is 28.1 Å².